The van der Waals surface area contributed by atoms with Crippen molar-refractivity contribution in [1.82, 2.24) is 4.98 Å². The van der Waals surface area contributed by atoms with Gasteiger partial charge in [-0.15, -0.1) is 0 Å². The van der Waals surface area contributed by atoms with E-state index in [-0.39, 0.29) is 0 Å². The van der Waals surface area contributed by atoms with Crippen LogP contribution in [0.25, 0.3) is 0 Å². The summed E-state index contributed by atoms with van der Waals surface area (Å²) in [5.74, 6) is 6.04. The van der Waals surface area contributed by atoms with Gasteiger partial charge in [0.25, 0.3) is 0 Å². The fourth-order valence-corrected chi connectivity index (χ4v) is 1.19. The fourth-order valence-electron chi connectivity index (χ4n) is 0.916. The van der Waals surface area contributed by atoms with E-state index in [0.717, 1.165) is 0 Å². The molecule has 0 aliphatic carbocycles. The molecular weight excluding hydrogens is 202 g/mol. The minimum Gasteiger partial charge on any atom is -0.401 e. The fraction of sp³-hybridized carbons (Fsp3) is 0.125. The molecule has 76 valence electrons. The second-order valence-electron chi connectivity index (χ2n) is 2.85. The third kappa shape index (κ3) is 2.51. The zero-order valence-electron chi connectivity index (χ0n) is 7.74. The van der Waals surface area contributed by atoms with Crippen LogP contribution < -0.4 is 22.3 Å². The number of nitrogens with zero attached hydrogens (tertiary/aromatic N) is 2. The normalized spacial score (nSPS) is 11.5. The number of nitrogen functional groups attached to an aromatic ring is 1. The van der Waals surface area contributed by atoms with Crippen molar-refractivity contribution in [3.63, 3.8) is 0 Å². The molecule has 0 amide bonds. The number of rotatable bonds is 2. The molecular formula is C8H12ClN5. The molecule has 0 unspecified atom stereocenters. The summed E-state index contributed by atoms with van der Waals surface area (Å²) >= 11 is 5.87. The Morgan fingerprint density at radius 3 is 2.79 bits per heavy atom. The predicted octanol–water partition coefficient (Wildman–Crippen LogP) is 0.817. The van der Waals surface area contributed by atoms with Gasteiger partial charge in [0.05, 0.1) is 16.9 Å². The number of halogens is 1. The summed E-state index contributed by atoms with van der Waals surface area (Å²) in [5.41, 5.74) is 12.0. The number of hydrogen-bond donors (Lipinski definition) is 3. The Kier molecular flexibility index (Phi) is 3.16. The molecule has 0 aliphatic rings. The lowest BCUT2D eigenvalue weighted by molar-refractivity contribution is 1.01. The molecule has 1 rings (SSSR count). The molecule has 1 aromatic rings. The van der Waals surface area contributed by atoms with E-state index >= 15 is 0 Å². The minimum absolute atomic E-state index is 0.380. The summed E-state index contributed by atoms with van der Waals surface area (Å²) in [6.07, 6.45) is 2.99. The molecule has 0 spiro atoms. The van der Waals surface area contributed by atoms with Gasteiger partial charge in [0.15, 0.2) is 5.82 Å². The Balaban J connectivity index is 3.02. The Morgan fingerprint density at radius 1 is 1.64 bits per heavy atom. The summed E-state index contributed by atoms with van der Waals surface area (Å²) in [7, 11) is 0. The first-order valence-corrected chi connectivity index (χ1v) is 4.27. The first-order valence-electron chi connectivity index (χ1n) is 3.89. The second kappa shape index (κ2) is 4.17. The number of nitrogens with two attached hydrogens (primary N) is 3. The van der Waals surface area contributed by atoms with Gasteiger partial charge in [-0.2, -0.15) is 0 Å². The Labute approximate surface area is 87.1 Å². The predicted molar refractivity (Wildman–Crippen MR) is 58.3 cm³/mol. The zero-order chi connectivity index (χ0) is 10.7. The quantitative estimate of drug-likeness (QED) is 0.500. The third-order valence-corrected chi connectivity index (χ3v) is 1.71. The van der Waals surface area contributed by atoms with Gasteiger partial charge in [-0.1, -0.05) is 11.6 Å². The van der Waals surface area contributed by atoms with Crippen LogP contribution in [0.2, 0.25) is 5.02 Å². The van der Waals surface area contributed by atoms with E-state index in [9.17, 15) is 0 Å². The van der Waals surface area contributed by atoms with Crippen molar-refractivity contribution >= 4 is 23.1 Å². The maximum absolute atomic E-state index is 5.87. The van der Waals surface area contributed by atoms with Gasteiger partial charge in [-0.3, -0.25) is 5.01 Å². The minimum atomic E-state index is 0.380. The molecule has 0 aliphatic heterocycles. The summed E-state index contributed by atoms with van der Waals surface area (Å²) in [6, 6.07) is 1.57. The third-order valence-electron chi connectivity index (χ3n) is 1.43. The van der Waals surface area contributed by atoms with E-state index in [0.29, 0.717) is 22.2 Å². The zero-order valence-corrected chi connectivity index (χ0v) is 8.49. The molecule has 1 aromatic heterocycles. The molecule has 6 heteroatoms. The van der Waals surface area contributed by atoms with Crippen molar-refractivity contribution in [2.75, 3.05) is 10.7 Å². The van der Waals surface area contributed by atoms with E-state index in [1.807, 2.05) is 0 Å². The molecule has 0 saturated heterocycles. The second-order valence-corrected chi connectivity index (χ2v) is 3.26. The van der Waals surface area contributed by atoms with Gasteiger partial charge in [0.1, 0.15) is 0 Å². The topological polar surface area (TPSA) is 94.2 Å². The average Bonchev–Trinajstić information content (AvgIpc) is 2.01. The van der Waals surface area contributed by atoms with Crippen LogP contribution in [0.4, 0.5) is 11.5 Å². The van der Waals surface area contributed by atoms with Crippen LogP contribution >= 0.6 is 11.6 Å². The largest absolute Gasteiger partial charge is 0.401 e. The molecule has 0 radical (unpaired) electrons. The van der Waals surface area contributed by atoms with E-state index < -0.39 is 0 Å². The number of allylic oxidation sites excluding steroid dienone is 1. The number of pyridine rings is 1. The van der Waals surface area contributed by atoms with Crippen molar-refractivity contribution in [2.45, 2.75) is 6.92 Å². The Hall–Kier alpha value is -1.46. The summed E-state index contributed by atoms with van der Waals surface area (Å²) in [5, 5.41) is 1.63. The van der Waals surface area contributed by atoms with Gasteiger partial charge < -0.3 is 11.5 Å². The molecule has 6 N–H and O–H groups in total. The summed E-state index contributed by atoms with van der Waals surface area (Å²) in [6.45, 7) is 1.71. The van der Waals surface area contributed by atoms with Gasteiger partial charge in [0, 0.05) is 11.9 Å². The van der Waals surface area contributed by atoms with E-state index in [1.165, 1.54) is 17.4 Å². The van der Waals surface area contributed by atoms with Crippen LogP contribution in [0, 0.1) is 0 Å². The molecule has 1 heterocycles. The summed E-state index contributed by atoms with van der Waals surface area (Å²) < 4.78 is 0. The number of hydrazine groups is 1. The van der Waals surface area contributed by atoms with Crippen LogP contribution in [0.1, 0.15) is 6.92 Å². The van der Waals surface area contributed by atoms with Crippen LogP contribution in [-0.4, -0.2) is 4.98 Å². The van der Waals surface area contributed by atoms with E-state index in [4.69, 9.17) is 28.9 Å². The summed E-state index contributed by atoms with van der Waals surface area (Å²) in [4.78, 5) is 3.97. The average molecular weight is 214 g/mol. The highest BCUT2D eigenvalue weighted by atomic mass is 35.5. The molecule has 0 saturated carbocycles. The van der Waals surface area contributed by atoms with E-state index in [2.05, 4.69) is 4.98 Å². The van der Waals surface area contributed by atoms with Crippen molar-refractivity contribution in [3.8, 4) is 0 Å². The SMILES string of the molecule is C/C(N)=C/N(N)c1ncc(N)cc1Cl. The lowest BCUT2D eigenvalue weighted by Crippen LogP contribution is -2.26. The van der Waals surface area contributed by atoms with Gasteiger partial charge in [-0.25, -0.2) is 10.8 Å². The first kappa shape index (κ1) is 10.6. The molecule has 0 aromatic carbocycles. The van der Waals surface area contributed by atoms with Crippen molar-refractivity contribution in [3.05, 3.63) is 29.2 Å². The van der Waals surface area contributed by atoms with E-state index in [1.54, 1.807) is 13.0 Å². The number of aromatic nitrogens is 1. The van der Waals surface area contributed by atoms with Crippen molar-refractivity contribution < 1.29 is 0 Å². The lowest BCUT2D eigenvalue weighted by atomic mass is 10.4. The smallest absolute Gasteiger partial charge is 0.165 e. The van der Waals surface area contributed by atoms with Crippen molar-refractivity contribution in [1.29, 1.82) is 0 Å². The number of hydrogen-bond acceptors (Lipinski definition) is 5. The molecule has 0 atom stereocenters. The monoisotopic (exact) mass is 213 g/mol. The lowest BCUT2D eigenvalue weighted by Gasteiger charge is -2.14. The van der Waals surface area contributed by atoms with Crippen molar-refractivity contribution in [2.24, 2.45) is 11.6 Å². The standard InChI is InChI=1S/C8H12ClN5/c1-5(10)4-14(12)8-7(9)2-6(11)3-13-8/h2-4H,10-12H2,1H3/b5-4-. The Morgan fingerprint density at radius 2 is 2.29 bits per heavy atom. The maximum atomic E-state index is 5.87. The van der Waals surface area contributed by atoms with Gasteiger partial charge in [0.2, 0.25) is 0 Å². The van der Waals surface area contributed by atoms with Gasteiger partial charge in [-0.05, 0) is 13.0 Å². The van der Waals surface area contributed by atoms with Crippen LogP contribution in [0.15, 0.2) is 24.2 Å². The highest BCUT2D eigenvalue weighted by molar-refractivity contribution is 6.33. The molecule has 5 nitrogen and oxygen atoms in total. The molecule has 0 fully saturated rings. The van der Waals surface area contributed by atoms with Crippen LogP contribution in [-0.2, 0) is 0 Å². The Bertz CT molecular complexity index is 359. The van der Waals surface area contributed by atoms with Crippen LogP contribution in [0.3, 0.4) is 0 Å². The highest BCUT2D eigenvalue weighted by Gasteiger charge is 2.06. The molecule has 0 bridgehead atoms. The number of anilines is 2. The molecule has 14 heavy (non-hydrogen) atoms. The maximum Gasteiger partial charge on any atom is 0.165 e. The first-order chi connectivity index (χ1) is 6.50. The van der Waals surface area contributed by atoms with Crippen LogP contribution in [0.5, 0.6) is 0 Å². The highest BCUT2D eigenvalue weighted by Crippen LogP contribution is 2.23. The van der Waals surface area contributed by atoms with Gasteiger partial charge >= 0.3 is 0 Å².